The molecule has 1 heterocycles. The van der Waals surface area contributed by atoms with Gasteiger partial charge >= 0.3 is 0 Å². The molecule has 0 aliphatic carbocycles. The van der Waals surface area contributed by atoms with Gasteiger partial charge in [0.2, 0.25) is 0 Å². The largest absolute Gasteiger partial charge is 0.102 e. The molecule has 2 aromatic rings. The molecule has 0 atom stereocenters. The van der Waals surface area contributed by atoms with Gasteiger partial charge in [0.1, 0.15) is 0 Å². The van der Waals surface area contributed by atoms with Gasteiger partial charge in [-0.05, 0) is 31.5 Å². The summed E-state index contributed by atoms with van der Waals surface area (Å²) in [4.78, 5) is 2.81. The van der Waals surface area contributed by atoms with Crippen LogP contribution in [0, 0.1) is 6.92 Å². The second kappa shape index (κ2) is 4.11. The molecule has 0 fully saturated rings. The van der Waals surface area contributed by atoms with E-state index in [-0.39, 0.29) is 4.08 Å². The lowest BCUT2D eigenvalue weighted by molar-refractivity contribution is 1.02. The minimum Gasteiger partial charge on any atom is -0.102 e. The molecule has 0 bridgehead atoms. The second-order valence-corrected chi connectivity index (χ2v) is 7.64. The minimum atomic E-state index is 0.122. The summed E-state index contributed by atoms with van der Waals surface area (Å²) in [6.07, 6.45) is 0. The van der Waals surface area contributed by atoms with Crippen molar-refractivity contribution in [3.63, 3.8) is 0 Å². The molecule has 0 amide bonds. The summed E-state index contributed by atoms with van der Waals surface area (Å²) in [6.45, 7) is 4.45. The number of benzene rings is 2. The summed E-state index contributed by atoms with van der Waals surface area (Å²) in [5.41, 5.74) is 2.72. The monoisotopic (exact) mass is 258 g/mol. The van der Waals surface area contributed by atoms with Crippen LogP contribution in [0.25, 0.3) is 0 Å². The number of aryl methyl sites for hydroxylation is 1. The van der Waals surface area contributed by atoms with Crippen LogP contribution in [-0.2, 0) is 4.08 Å². The molecule has 3 rings (SSSR count). The third kappa shape index (κ3) is 2.00. The third-order valence-corrected chi connectivity index (χ3v) is 6.07. The Labute approximate surface area is 111 Å². The Morgan fingerprint density at radius 2 is 1.35 bits per heavy atom. The van der Waals surface area contributed by atoms with E-state index in [0.717, 1.165) is 0 Å². The Morgan fingerprint density at radius 1 is 0.824 bits per heavy atom. The van der Waals surface area contributed by atoms with Gasteiger partial charge in [-0.15, -0.1) is 23.5 Å². The van der Waals surface area contributed by atoms with Gasteiger partial charge in [0.15, 0.2) is 0 Å². The number of thioether (sulfide) groups is 2. The lowest BCUT2D eigenvalue weighted by atomic mass is 10.1. The Morgan fingerprint density at radius 3 is 1.88 bits per heavy atom. The van der Waals surface area contributed by atoms with Crippen LogP contribution in [0.15, 0.2) is 58.3 Å². The predicted molar refractivity (Wildman–Crippen MR) is 76.7 cm³/mol. The van der Waals surface area contributed by atoms with Crippen molar-refractivity contribution in [3.8, 4) is 0 Å². The van der Waals surface area contributed by atoms with Crippen LogP contribution in [0.4, 0.5) is 0 Å². The van der Waals surface area contributed by atoms with Crippen LogP contribution in [-0.4, -0.2) is 0 Å². The lowest BCUT2D eigenvalue weighted by Gasteiger charge is -2.22. The van der Waals surface area contributed by atoms with E-state index in [9.17, 15) is 0 Å². The van der Waals surface area contributed by atoms with E-state index in [1.54, 1.807) is 0 Å². The smallest absolute Gasteiger partial charge is 0.0925 e. The zero-order valence-electron chi connectivity index (χ0n) is 9.94. The van der Waals surface area contributed by atoms with Crippen molar-refractivity contribution in [2.45, 2.75) is 27.7 Å². The van der Waals surface area contributed by atoms with Crippen LogP contribution >= 0.6 is 23.5 Å². The van der Waals surface area contributed by atoms with Gasteiger partial charge in [-0.3, -0.25) is 0 Å². The molecule has 86 valence electrons. The lowest BCUT2D eigenvalue weighted by Crippen LogP contribution is -2.08. The number of hydrogen-bond donors (Lipinski definition) is 0. The maximum Gasteiger partial charge on any atom is 0.0925 e. The molecule has 1 aliphatic heterocycles. The summed E-state index contributed by atoms with van der Waals surface area (Å²) < 4.78 is 0.122. The highest BCUT2D eigenvalue weighted by atomic mass is 32.2. The van der Waals surface area contributed by atoms with E-state index >= 15 is 0 Å². The van der Waals surface area contributed by atoms with Crippen molar-refractivity contribution < 1.29 is 0 Å². The first kappa shape index (κ1) is 11.2. The summed E-state index contributed by atoms with van der Waals surface area (Å²) in [5.74, 6) is 0. The molecule has 2 heteroatoms. The van der Waals surface area contributed by atoms with E-state index in [4.69, 9.17) is 0 Å². The van der Waals surface area contributed by atoms with E-state index < -0.39 is 0 Å². The Kier molecular flexibility index (Phi) is 2.72. The Bertz CT molecular complexity index is 518. The van der Waals surface area contributed by atoms with E-state index in [2.05, 4.69) is 62.4 Å². The predicted octanol–water partition coefficient (Wildman–Crippen LogP) is 5.07. The minimum absolute atomic E-state index is 0.122. The van der Waals surface area contributed by atoms with Crippen LogP contribution in [0.1, 0.15) is 18.1 Å². The molecule has 0 nitrogen and oxygen atoms in total. The molecule has 0 unspecified atom stereocenters. The molecule has 0 saturated heterocycles. The van der Waals surface area contributed by atoms with Crippen molar-refractivity contribution >= 4 is 23.5 Å². The first-order valence-electron chi connectivity index (χ1n) is 5.72. The normalized spacial score (nSPS) is 16.8. The van der Waals surface area contributed by atoms with E-state index in [1.807, 2.05) is 23.5 Å². The molecule has 17 heavy (non-hydrogen) atoms. The summed E-state index contributed by atoms with van der Waals surface area (Å²) in [6, 6.07) is 17.6. The summed E-state index contributed by atoms with van der Waals surface area (Å²) in [5, 5.41) is 0. The van der Waals surface area contributed by atoms with Gasteiger partial charge in [-0.25, -0.2) is 0 Å². The molecular formula is C15H14S2. The Balaban J connectivity index is 1.98. The summed E-state index contributed by atoms with van der Waals surface area (Å²) >= 11 is 3.92. The second-order valence-electron chi connectivity index (χ2n) is 4.46. The zero-order valence-corrected chi connectivity index (χ0v) is 11.6. The third-order valence-electron chi connectivity index (χ3n) is 3.03. The number of fused-ring (bicyclic) bond motifs is 1. The number of rotatable bonds is 1. The van der Waals surface area contributed by atoms with Gasteiger partial charge in [-0.1, -0.05) is 42.0 Å². The molecule has 1 aliphatic rings. The quantitative estimate of drug-likeness (QED) is 0.700. The Hall–Kier alpha value is -0.860. The highest BCUT2D eigenvalue weighted by molar-refractivity contribution is 8.20. The average molecular weight is 258 g/mol. The first-order chi connectivity index (χ1) is 8.17. The molecule has 0 N–H and O–H groups in total. The highest BCUT2D eigenvalue weighted by Crippen LogP contribution is 2.60. The number of hydrogen-bond acceptors (Lipinski definition) is 2. The zero-order chi connectivity index (χ0) is 11.9. The molecule has 0 aromatic heterocycles. The highest BCUT2D eigenvalue weighted by Gasteiger charge is 2.36. The molecule has 2 aromatic carbocycles. The SMILES string of the molecule is Cc1ccc(C2(C)Sc3ccccc3S2)cc1. The van der Waals surface area contributed by atoms with Gasteiger partial charge in [-0.2, -0.15) is 0 Å². The van der Waals surface area contributed by atoms with Crippen molar-refractivity contribution in [3.05, 3.63) is 59.7 Å². The first-order valence-corrected chi connectivity index (χ1v) is 7.35. The molecule has 0 radical (unpaired) electrons. The van der Waals surface area contributed by atoms with Crippen LogP contribution < -0.4 is 0 Å². The van der Waals surface area contributed by atoms with Gasteiger partial charge in [0.05, 0.1) is 4.08 Å². The van der Waals surface area contributed by atoms with Crippen molar-refractivity contribution in [1.82, 2.24) is 0 Å². The fraction of sp³-hybridized carbons (Fsp3) is 0.200. The van der Waals surface area contributed by atoms with Gasteiger partial charge in [0, 0.05) is 9.79 Å². The molecule has 0 saturated carbocycles. The van der Waals surface area contributed by atoms with Crippen LogP contribution in [0.5, 0.6) is 0 Å². The topological polar surface area (TPSA) is 0 Å². The van der Waals surface area contributed by atoms with Gasteiger partial charge in [0.25, 0.3) is 0 Å². The summed E-state index contributed by atoms with van der Waals surface area (Å²) in [7, 11) is 0. The fourth-order valence-electron chi connectivity index (χ4n) is 2.03. The maximum atomic E-state index is 2.31. The van der Waals surface area contributed by atoms with Crippen LogP contribution in [0.3, 0.4) is 0 Å². The van der Waals surface area contributed by atoms with E-state index in [1.165, 1.54) is 20.9 Å². The average Bonchev–Trinajstić information content (AvgIpc) is 2.67. The van der Waals surface area contributed by atoms with Crippen molar-refractivity contribution in [1.29, 1.82) is 0 Å². The maximum absolute atomic E-state index is 2.31. The van der Waals surface area contributed by atoms with E-state index in [0.29, 0.717) is 0 Å². The van der Waals surface area contributed by atoms with Crippen molar-refractivity contribution in [2.24, 2.45) is 0 Å². The standard InChI is InChI=1S/C15H14S2/c1-11-7-9-12(10-8-11)15(2)16-13-5-3-4-6-14(13)17-15/h3-10H,1-2H3. The molecular weight excluding hydrogens is 244 g/mol. The molecule has 0 spiro atoms. The fourth-order valence-corrected chi connectivity index (χ4v) is 4.97. The van der Waals surface area contributed by atoms with Crippen molar-refractivity contribution in [2.75, 3.05) is 0 Å². The van der Waals surface area contributed by atoms with Crippen LogP contribution in [0.2, 0.25) is 0 Å². The van der Waals surface area contributed by atoms with Gasteiger partial charge < -0.3 is 0 Å².